The molecule has 0 aromatic heterocycles. The lowest BCUT2D eigenvalue weighted by Gasteiger charge is -2.36. The molecule has 7 nitrogen and oxygen atoms in total. The molecular weight excluding hydrogens is 380 g/mol. The van der Waals surface area contributed by atoms with Gasteiger partial charge in [0.15, 0.2) is 0 Å². The number of ether oxygens (including phenoxy) is 1. The summed E-state index contributed by atoms with van der Waals surface area (Å²) in [6, 6.07) is 13.7. The molecule has 0 bridgehead atoms. The fourth-order valence-electron chi connectivity index (χ4n) is 3.58. The van der Waals surface area contributed by atoms with E-state index in [4.69, 9.17) is 4.74 Å². The summed E-state index contributed by atoms with van der Waals surface area (Å²) in [5.74, 6) is -0.360. The van der Waals surface area contributed by atoms with Crippen molar-refractivity contribution in [3.05, 3.63) is 53.6 Å². The van der Waals surface area contributed by atoms with E-state index in [0.29, 0.717) is 18.8 Å². The van der Waals surface area contributed by atoms with Gasteiger partial charge in [-0.3, -0.25) is 14.5 Å². The number of amides is 2. The summed E-state index contributed by atoms with van der Waals surface area (Å²) >= 11 is 0. The van der Waals surface area contributed by atoms with Gasteiger partial charge >= 0.3 is 11.8 Å². The fraction of sp³-hybridized carbons (Fsp3) is 0.391. The van der Waals surface area contributed by atoms with Crippen molar-refractivity contribution in [3.8, 4) is 5.75 Å². The molecule has 1 saturated heterocycles. The summed E-state index contributed by atoms with van der Waals surface area (Å²) in [5.41, 5.74) is 3.81. The maximum Gasteiger partial charge on any atom is 0.313 e. The number of hydrogen-bond acceptors (Lipinski definition) is 5. The van der Waals surface area contributed by atoms with Crippen LogP contribution in [0.3, 0.4) is 0 Å². The number of nitrogens with one attached hydrogen (secondary N) is 2. The van der Waals surface area contributed by atoms with E-state index in [0.717, 1.165) is 48.7 Å². The molecule has 160 valence electrons. The molecule has 0 aliphatic carbocycles. The number of carbonyl (C=O) groups is 2. The number of nitrogens with zero attached hydrogens (tertiary/aromatic N) is 2. The lowest BCUT2D eigenvalue weighted by molar-refractivity contribution is -0.136. The van der Waals surface area contributed by atoms with E-state index in [1.165, 1.54) is 0 Å². The van der Waals surface area contributed by atoms with E-state index in [2.05, 4.69) is 26.5 Å². The molecule has 0 atom stereocenters. The van der Waals surface area contributed by atoms with Crippen molar-refractivity contribution in [3.63, 3.8) is 0 Å². The molecule has 0 unspecified atom stereocenters. The van der Waals surface area contributed by atoms with Gasteiger partial charge in [0.1, 0.15) is 5.75 Å². The number of piperazine rings is 1. The Morgan fingerprint density at radius 3 is 2.43 bits per heavy atom. The Morgan fingerprint density at radius 1 is 0.967 bits per heavy atom. The van der Waals surface area contributed by atoms with Gasteiger partial charge in [0.2, 0.25) is 0 Å². The highest BCUT2D eigenvalue weighted by molar-refractivity contribution is 6.39. The maximum atomic E-state index is 12.2. The fourth-order valence-corrected chi connectivity index (χ4v) is 3.58. The summed E-state index contributed by atoms with van der Waals surface area (Å²) in [4.78, 5) is 28.9. The first kappa shape index (κ1) is 21.6. The Kier molecular flexibility index (Phi) is 7.30. The van der Waals surface area contributed by atoms with Gasteiger partial charge in [-0.2, -0.15) is 0 Å². The van der Waals surface area contributed by atoms with Crippen molar-refractivity contribution in [2.24, 2.45) is 0 Å². The molecule has 2 amide bonds. The van der Waals surface area contributed by atoms with Crippen molar-refractivity contribution < 1.29 is 14.3 Å². The molecule has 0 saturated carbocycles. The Bertz CT molecular complexity index is 892. The van der Waals surface area contributed by atoms with Crippen LogP contribution in [0, 0.1) is 13.8 Å². The Balaban J connectivity index is 1.41. The number of para-hydroxylation sites is 2. The third-order valence-corrected chi connectivity index (χ3v) is 5.57. The van der Waals surface area contributed by atoms with Crippen LogP contribution in [0.1, 0.15) is 11.1 Å². The molecule has 0 radical (unpaired) electrons. The number of rotatable bonds is 6. The Hall–Kier alpha value is -3.06. The van der Waals surface area contributed by atoms with E-state index in [9.17, 15) is 9.59 Å². The minimum atomic E-state index is -0.635. The van der Waals surface area contributed by atoms with Gasteiger partial charge in [0.25, 0.3) is 0 Å². The lowest BCUT2D eigenvalue weighted by atomic mass is 10.1. The van der Waals surface area contributed by atoms with Crippen molar-refractivity contribution >= 4 is 23.2 Å². The number of carbonyl (C=O) groups excluding carboxylic acids is 2. The summed E-state index contributed by atoms with van der Waals surface area (Å²) < 4.78 is 5.45. The monoisotopic (exact) mass is 410 g/mol. The molecule has 3 rings (SSSR count). The minimum Gasteiger partial charge on any atom is -0.495 e. The molecule has 2 N–H and O–H groups in total. The predicted molar refractivity (Wildman–Crippen MR) is 119 cm³/mol. The molecule has 2 aromatic rings. The second kappa shape index (κ2) is 10.1. The van der Waals surface area contributed by atoms with Crippen molar-refractivity contribution in [1.82, 2.24) is 10.2 Å². The van der Waals surface area contributed by atoms with E-state index in [1.54, 1.807) is 13.2 Å². The zero-order valence-electron chi connectivity index (χ0n) is 17.9. The van der Waals surface area contributed by atoms with Crippen LogP contribution in [0.15, 0.2) is 42.5 Å². The van der Waals surface area contributed by atoms with Crippen molar-refractivity contribution in [2.45, 2.75) is 13.8 Å². The number of benzene rings is 2. The van der Waals surface area contributed by atoms with Crippen LogP contribution in [-0.2, 0) is 9.59 Å². The predicted octanol–water partition coefficient (Wildman–Crippen LogP) is 2.19. The van der Waals surface area contributed by atoms with Crippen LogP contribution in [0.25, 0.3) is 0 Å². The van der Waals surface area contributed by atoms with Crippen molar-refractivity contribution in [1.29, 1.82) is 0 Å². The summed E-state index contributed by atoms with van der Waals surface area (Å²) in [6.07, 6.45) is 0. The van der Waals surface area contributed by atoms with Gasteiger partial charge in [0.05, 0.1) is 12.8 Å². The summed E-state index contributed by atoms with van der Waals surface area (Å²) in [7, 11) is 1.69. The number of anilines is 2. The van der Waals surface area contributed by atoms with Crippen LogP contribution in [0.4, 0.5) is 11.4 Å². The topological polar surface area (TPSA) is 73.9 Å². The minimum absolute atomic E-state index is 0.438. The van der Waals surface area contributed by atoms with E-state index in [1.807, 2.05) is 44.2 Å². The van der Waals surface area contributed by atoms with Crippen LogP contribution >= 0.6 is 0 Å². The largest absolute Gasteiger partial charge is 0.495 e. The van der Waals surface area contributed by atoms with E-state index in [-0.39, 0.29) is 0 Å². The molecule has 2 aromatic carbocycles. The van der Waals surface area contributed by atoms with E-state index >= 15 is 0 Å². The SMILES string of the molecule is COc1ccccc1N1CCN(CCNC(=O)C(=O)Nc2cccc(C)c2C)CC1. The average molecular weight is 411 g/mol. The summed E-state index contributed by atoms with van der Waals surface area (Å²) in [5, 5.41) is 5.41. The van der Waals surface area contributed by atoms with Crippen LogP contribution in [0.5, 0.6) is 5.75 Å². The third kappa shape index (κ3) is 5.30. The van der Waals surface area contributed by atoms with Crippen LogP contribution < -0.4 is 20.3 Å². The quantitative estimate of drug-likeness (QED) is 0.714. The lowest BCUT2D eigenvalue weighted by Crippen LogP contribution is -2.49. The van der Waals surface area contributed by atoms with Crippen LogP contribution in [0.2, 0.25) is 0 Å². The first-order chi connectivity index (χ1) is 14.5. The zero-order valence-corrected chi connectivity index (χ0v) is 17.9. The second-order valence-electron chi connectivity index (χ2n) is 7.46. The third-order valence-electron chi connectivity index (χ3n) is 5.57. The van der Waals surface area contributed by atoms with Gasteiger partial charge in [0, 0.05) is 45.0 Å². The Labute approximate surface area is 178 Å². The molecular formula is C23H30N4O3. The maximum absolute atomic E-state index is 12.2. The molecule has 30 heavy (non-hydrogen) atoms. The van der Waals surface area contributed by atoms with Gasteiger partial charge < -0.3 is 20.3 Å². The van der Waals surface area contributed by atoms with Gasteiger partial charge in [-0.05, 0) is 43.2 Å². The molecule has 1 aliphatic rings. The van der Waals surface area contributed by atoms with Gasteiger partial charge in [-0.15, -0.1) is 0 Å². The number of methoxy groups -OCH3 is 1. The Morgan fingerprint density at radius 2 is 1.70 bits per heavy atom. The molecule has 1 aliphatic heterocycles. The van der Waals surface area contributed by atoms with Crippen LogP contribution in [-0.4, -0.2) is 63.1 Å². The smallest absolute Gasteiger partial charge is 0.313 e. The van der Waals surface area contributed by atoms with Crippen molar-refractivity contribution in [2.75, 3.05) is 56.6 Å². The first-order valence-corrected chi connectivity index (χ1v) is 10.3. The highest BCUT2D eigenvalue weighted by Gasteiger charge is 2.20. The second-order valence-corrected chi connectivity index (χ2v) is 7.46. The average Bonchev–Trinajstić information content (AvgIpc) is 2.77. The summed E-state index contributed by atoms with van der Waals surface area (Å²) in [6.45, 7) is 8.61. The molecule has 1 heterocycles. The number of aryl methyl sites for hydroxylation is 1. The molecule has 7 heteroatoms. The number of hydrogen-bond donors (Lipinski definition) is 2. The molecule has 0 spiro atoms. The first-order valence-electron chi connectivity index (χ1n) is 10.3. The van der Waals surface area contributed by atoms with E-state index < -0.39 is 11.8 Å². The standard InChI is InChI=1S/C23H30N4O3/c1-17-7-6-8-19(18(17)2)25-23(29)22(28)24-11-12-26-13-15-27(16-14-26)20-9-4-5-10-21(20)30-3/h4-10H,11-16H2,1-3H3,(H,24,28)(H,25,29). The zero-order chi connectivity index (χ0) is 21.5. The normalized spacial score (nSPS) is 14.3. The van der Waals surface area contributed by atoms with Gasteiger partial charge in [-0.25, -0.2) is 0 Å². The van der Waals surface area contributed by atoms with Gasteiger partial charge in [-0.1, -0.05) is 24.3 Å². The molecule has 1 fully saturated rings. The highest BCUT2D eigenvalue weighted by Crippen LogP contribution is 2.28. The highest BCUT2D eigenvalue weighted by atomic mass is 16.5.